The molecule has 1 aromatic rings. The Hall–Kier alpha value is 0.340. The molecule has 0 amide bonds. The maximum Gasteiger partial charge on any atom is 0.250 e. The van der Waals surface area contributed by atoms with Crippen molar-refractivity contribution in [2.75, 3.05) is 19.8 Å². The minimum Gasteiger partial charge on any atom is -0.381 e. The van der Waals surface area contributed by atoms with Crippen LogP contribution < -0.4 is 4.72 Å². The molecule has 0 fully saturated rings. The van der Waals surface area contributed by atoms with E-state index in [1.807, 2.05) is 6.92 Å². The fourth-order valence-electron chi connectivity index (χ4n) is 1.16. The number of thiophene rings is 1. The molecule has 8 heteroatoms. The zero-order valence-electron chi connectivity index (χ0n) is 9.91. The van der Waals surface area contributed by atoms with Crippen molar-refractivity contribution in [1.82, 2.24) is 4.72 Å². The first-order chi connectivity index (χ1) is 8.47. The fraction of sp³-hybridized carbons (Fsp3) is 0.600. The van der Waals surface area contributed by atoms with Crippen molar-refractivity contribution in [2.45, 2.75) is 24.0 Å². The lowest BCUT2D eigenvalue weighted by atomic mass is 10.4. The lowest BCUT2D eigenvalue weighted by Crippen LogP contribution is -2.24. The third-order valence-electron chi connectivity index (χ3n) is 1.99. The van der Waals surface area contributed by atoms with Gasteiger partial charge in [-0.15, -0.1) is 11.3 Å². The zero-order chi connectivity index (χ0) is 13.6. The quantitative estimate of drug-likeness (QED) is 0.709. The van der Waals surface area contributed by atoms with Crippen LogP contribution in [0.5, 0.6) is 0 Å². The zero-order valence-corrected chi connectivity index (χ0v) is 13.9. The van der Waals surface area contributed by atoms with Crippen molar-refractivity contribution in [1.29, 1.82) is 0 Å². The summed E-state index contributed by atoms with van der Waals surface area (Å²) in [5, 5.41) is 0.409. The summed E-state index contributed by atoms with van der Waals surface area (Å²) in [6.45, 7) is 3.66. The Morgan fingerprint density at radius 2 is 2.22 bits per heavy atom. The van der Waals surface area contributed by atoms with E-state index in [4.69, 9.17) is 16.3 Å². The third kappa shape index (κ3) is 5.14. The van der Waals surface area contributed by atoms with Gasteiger partial charge in [-0.1, -0.05) is 18.5 Å². The van der Waals surface area contributed by atoms with E-state index in [1.54, 1.807) is 0 Å². The van der Waals surface area contributed by atoms with E-state index >= 15 is 0 Å². The van der Waals surface area contributed by atoms with E-state index in [1.165, 1.54) is 6.07 Å². The van der Waals surface area contributed by atoms with Crippen LogP contribution in [-0.4, -0.2) is 28.2 Å². The van der Waals surface area contributed by atoms with Crippen LogP contribution >= 0.6 is 38.9 Å². The molecule has 104 valence electrons. The van der Waals surface area contributed by atoms with Gasteiger partial charge >= 0.3 is 0 Å². The summed E-state index contributed by atoms with van der Waals surface area (Å²) < 4.78 is 32.4. The monoisotopic (exact) mass is 375 g/mol. The number of sulfonamides is 1. The van der Waals surface area contributed by atoms with Crippen molar-refractivity contribution in [3.05, 3.63) is 14.9 Å². The maximum atomic E-state index is 11.9. The number of hydrogen-bond acceptors (Lipinski definition) is 4. The predicted octanol–water partition coefficient (Wildman–Crippen LogP) is 3.26. The summed E-state index contributed by atoms with van der Waals surface area (Å²) >= 11 is 10.1. The molecule has 0 radical (unpaired) electrons. The van der Waals surface area contributed by atoms with Gasteiger partial charge in [0.25, 0.3) is 0 Å². The van der Waals surface area contributed by atoms with Crippen molar-refractivity contribution >= 4 is 48.9 Å². The van der Waals surface area contributed by atoms with Crippen LogP contribution in [0.2, 0.25) is 5.02 Å². The molecular weight excluding hydrogens is 362 g/mol. The Kier molecular flexibility index (Phi) is 7.12. The second-order valence-electron chi connectivity index (χ2n) is 3.55. The van der Waals surface area contributed by atoms with Crippen LogP contribution in [0.15, 0.2) is 14.1 Å². The normalized spacial score (nSPS) is 11.9. The van der Waals surface area contributed by atoms with Crippen molar-refractivity contribution < 1.29 is 13.2 Å². The Morgan fingerprint density at radius 1 is 1.50 bits per heavy atom. The van der Waals surface area contributed by atoms with E-state index in [2.05, 4.69) is 20.7 Å². The van der Waals surface area contributed by atoms with E-state index in [-0.39, 0.29) is 4.21 Å². The minimum absolute atomic E-state index is 0.217. The van der Waals surface area contributed by atoms with Crippen molar-refractivity contribution in [3.63, 3.8) is 0 Å². The summed E-state index contributed by atoms with van der Waals surface area (Å²) in [7, 11) is -3.46. The van der Waals surface area contributed by atoms with Gasteiger partial charge in [-0.05, 0) is 34.8 Å². The summed E-state index contributed by atoms with van der Waals surface area (Å²) in [6.07, 6.45) is 1.62. The molecule has 0 aliphatic rings. The maximum absolute atomic E-state index is 11.9. The van der Waals surface area contributed by atoms with E-state index in [0.717, 1.165) is 17.8 Å². The van der Waals surface area contributed by atoms with Gasteiger partial charge in [-0.2, -0.15) is 0 Å². The van der Waals surface area contributed by atoms with Gasteiger partial charge in [0.15, 0.2) is 0 Å². The van der Waals surface area contributed by atoms with Crippen molar-refractivity contribution in [2.24, 2.45) is 0 Å². The van der Waals surface area contributed by atoms with Crippen LogP contribution in [0.1, 0.15) is 19.8 Å². The molecule has 0 atom stereocenters. The molecule has 0 saturated carbocycles. The molecule has 18 heavy (non-hydrogen) atoms. The number of halogens is 2. The Bertz CT molecular complexity index is 456. The van der Waals surface area contributed by atoms with Gasteiger partial charge < -0.3 is 4.74 Å². The molecule has 0 saturated heterocycles. The molecule has 4 nitrogen and oxygen atoms in total. The van der Waals surface area contributed by atoms with Gasteiger partial charge in [-0.3, -0.25) is 0 Å². The van der Waals surface area contributed by atoms with Crippen molar-refractivity contribution in [3.8, 4) is 0 Å². The molecule has 1 rings (SSSR count). The fourth-order valence-corrected chi connectivity index (χ4v) is 4.67. The SMILES string of the molecule is CCCOCCCNS(=O)(=O)c1cc(Cl)c(Br)s1. The van der Waals surface area contributed by atoms with Crippen LogP contribution in [0, 0.1) is 0 Å². The van der Waals surface area contributed by atoms with Crippen LogP contribution in [0.25, 0.3) is 0 Å². The van der Waals surface area contributed by atoms with Gasteiger partial charge in [0.05, 0.1) is 8.81 Å². The first-order valence-corrected chi connectivity index (χ1v) is 8.96. The first-order valence-electron chi connectivity index (χ1n) is 5.49. The number of ether oxygens (including phenoxy) is 1. The predicted molar refractivity (Wildman–Crippen MR) is 77.9 cm³/mol. The van der Waals surface area contributed by atoms with E-state index < -0.39 is 10.0 Å². The number of hydrogen-bond donors (Lipinski definition) is 1. The molecule has 0 aliphatic heterocycles. The Labute approximate surface area is 125 Å². The summed E-state index contributed by atoms with van der Waals surface area (Å²) in [5.74, 6) is 0. The number of nitrogens with one attached hydrogen (secondary N) is 1. The van der Waals surface area contributed by atoms with Gasteiger partial charge in [0, 0.05) is 19.8 Å². The lowest BCUT2D eigenvalue weighted by molar-refractivity contribution is 0.133. The molecule has 0 aliphatic carbocycles. The largest absolute Gasteiger partial charge is 0.381 e. The standard InChI is InChI=1S/C10H15BrClNO3S2/c1-2-5-16-6-3-4-13-18(14,15)9-7-8(12)10(11)17-9/h7,13H,2-6H2,1H3. The summed E-state index contributed by atoms with van der Waals surface area (Å²) in [6, 6.07) is 1.44. The second kappa shape index (κ2) is 7.81. The second-order valence-corrected chi connectivity index (χ2v) is 8.32. The molecule has 0 spiro atoms. The average molecular weight is 377 g/mol. The molecule has 1 N–H and O–H groups in total. The molecular formula is C10H15BrClNO3S2. The molecule has 0 unspecified atom stereocenters. The summed E-state index contributed by atoms with van der Waals surface area (Å²) in [5.41, 5.74) is 0. The minimum atomic E-state index is -3.46. The Balaban J connectivity index is 2.41. The topological polar surface area (TPSA) is 55.4 Å². The average Bonchev–Trinajstić information content (AvgIpc) is 2.65. The molecule has 1 heterocycles. The molecule has 1 aromatic heterocycles. The van der Waals surface area contributed by atoms with Gasteiger partial charge in [0.2, 0.25) is 10.0 Å². The number of rotatable bonds is 8. The van der Waals surface area contributed by atoms with E-state index in [9.17, 15) is 8.42 Å². The highest BCUT2D eigenvalue weighted by Crippen LogP contribution is 2.34. The molecule has 0 aromatic carbocycles. The lowest BCUT2D eigenvalue weighted by Gasteiger charge is -2.05. The van der Waals surface area contributed by atoms with Gasteiger partial charge in [-0.25, -0.2) is 13.1 Å². The highest BCUT2D eigenvalue weighted by atomic mass is 79.9. The first kappa shape index (κ1) is 16.4. The Morgan fingerprint density at radius 3 is 2.78 bits per heavy atom. The van der Waals surface area contributed by atoms with Crippen LogP contribution in [-0.2, 0) is 14.8 Å². The third-order valence-corrected chi connectivity index (χ3v) is 6.40. The summed E-state index contributed by atoms with van der Waals surface area (Å²) in [4.78, 5) is 0. The molecule has 0 bridgehead atoms. The smallest absolute Gasteiger partial charge is 0.250 e. The van der Waals surface area contributed by atoms with Gasteiger partial charge in [0.1, 0.15) is 4.21 Å². The van der Waals surface area contributed by atoms with E-state index in [0.29, 0.717) is 35.0 Å². The van der Waals surface area contributed by atoms with Crippen LogP contribution in [0.3, 0.4) is 0 Å². The highest BCUT2D eigenvalue weighted by molar-refractivity contribution is 9.11. The highest BCUT2D eigenvalue weighted by Gasteiger charge is 2.18. The van der Waals surface area contributed by atoms with Crippen LogP contribution in [0.4, 0.5) is 0 Å².